The molecule has 16 heavy (non-hydrogen) atoms. The minimum absolute atomic E-state index is 0.165. The molecule has 0 aromatic carbocycles. The van der Waals surface area contributed by atoms with Gasteiger partial charge in [0.1, 0.15) is 5.76 Å². The van der Waals surface area contributed by atoms with E-state index in [1.54, 1.807) is 6.26 Å². The van der Waals surface area contributed by atoms with Crippen molar-refractivity contribution in [2.24, 2.45) is 0 Å². The predicted molar refractivity (Wildman–Crippen MR) is 60.3 cm³/mol. The Morgan fingerprint density at radius 1 is 1.50 bits per heavy atom. The lowest BCUT2D eigenvalue weighted by Gasteiger charge is -2.25. The fourth-order valence-corrected chi connectivity index (χ4v) is 1.86. The molecule has 4 nitrogen and oxygen atoms in total. The standard InChI is InChI=1S/C12H19NO3/c1-2-11(12-4-3-5-16-12)13-8-10-9-14-6-7-15-10/h3-5,10-11,13H,2,6-9H2,1H3. The molecule has 0 amide bonds. The number of hydrogen-bond donors (Lipinski definition) is 1. The van der Waals surface area contributed by atoms with Crippen LogP contribution in [0.15, 0.2) is 22.8 Å². The Kier molecular flexibility index (Phi) is 4.39. The lowest BCUT2D eigenvalue weighted by atomic mass is 10.1. The molecule has 90 valence electrons. The van der Waals surface area contributed by atoms with Crippen molar-refractivity contribution in [3.8, 4) is 0 Å². The first-order valence-corrected chi connectivity index (χ1v) is 5.86. The molecule has 2 heterocycles. The molecule has 2 unspecified atom stereocenters. The topological polar surface area (TPSA) is 43.6 Å². The van der Waals surface area contributed by atoms with E-state index < -0.39 is 0 Å². The van der Waals surface area contributed by atoms with Crippen LogP contribution in [0.5, 0.6) is 0 Å². The van der Waals surface area contributed by atoms with Gasteiger partial charge in [0.15, 0.2) is 0 Å². The molecule has 1 aliphatic rings. The Hall–Kier alpha value is -0.840. The molecule has 2 rings (SSSR count). The summed E-state index contributed by atoms with van der Waals surface area (Å²) >= 11 is 0. The molecule has 1 aromatic heterocycles. The van der Waals surface area contributed by atoms with Gasteiger partial charge >= 0.3 is 0 Å². The smallest absolute Gasteiger partial charge is 0.120 e. The lowest BCUT2D eigenvalue weighted by molar-refractivity contribution is -0.0872. The maximum Gasteiger partial charge on any atom is 0.120 e. The number of hydrogen-bond acceptors (Lipinski definition) is 4. The van der Waals surface area contributed by atoms with Crippen LogP contribution >= 0.6 is 0 Å². The highest BCUT2D eigenvalue weighted by atomic mass is 16.6. The van der Waals surface area contributed by atoms with Crippen LogP contribution in [0.1, 0.15) is 25.1 Å². The van der Waals surface area contributed by atoms with Gasteiger partial charge < -0.3 is 19.2 Å². The Bertz CT molecular complexity index is 280. The summed E-state index contributed by atoms with van der Waals surface area (Å²) in [6.07, 6.45) is 2.87. The van der Waals surface area contributed by atoms with Gasteiger partial charge in [0.2, 0.25) is 0 Å². The van der Waals surface area contributed by atoms with Crippen LogP contribution in [0.3, 0.4) is 0 Å². The minimum atomic E-state index is 0.165. The molecule has 0 spiro atoms. The van der Waals surface area contributed by atoms with Gasteiger partial charge in [0.25, 0.3) is 0 Å². The van der Waals surface area contributed by atoms with E-state index in [4.69, 9.17) is 13.9 Å². The average Bonchev–Trinajstić information content (AvgIpc) is 2.85. The molecule has 2 atom stereocenters. The van der Waals surface area contributed by atoms with Crippen molar-refractivity contribution in [3.63, 3.8) is 0 Å². The van der Waals surface area contributed by atoms with Gasteiger partial charge in [0, 0.05) is 6.54 Å². The zero-order valence-electron chi connectivity index (χ0n) is 9.65. The zero-order valence-corrected chi connectivity index (χ0v) is 9.65. The fourth-order valence-electron chi connectivity index (χ4n) is 1.86. The minimum Gasteiger partial charge on any atom is -0.468 e. The molecule has 0 saturated carbocycles. The molecule has 0 aliphatic carbocycles. The number of furan rings is 1. The van der Waals surface area contributed by atoms with Gasteiger partial charge in [-0.2, -0.15) is 0 Å². The quantitative estimate of drug-likeness (QED) is 0.829. The molecule has 1 aromatic rings. The second kappa shape index (κ2) is 6.03. The summed E-state index contributed by atoms with van der Waals surface area (Å²) in [6, 6.07) is 4.18. The van der Waals surface area contributed by atoms with Crippen LogP contribution in [0.4, 0.5) is 0 Å². The van der Waals surface area contributed by atoms with E-state index in [0.717, 1.165) is 18.7 Å². The highest BCUT2D eigenvalue weighted by Gasteiger charge is 2.17. The first-order valence-electron chi connectivity index (χ1n) is 5.86. The van der Waals surface area contributed by atoms with Crippen molar-refractivity contribution in [1.29, 1.82) is 0 Å². The van der Waals surface area contributed by atoms with E-state index in [1.165, 1.54) is 0 Å². The Labute approximate surface area is 95.9 Å². The van der Waals surface area contributed by atoms with E-state index in [0.29, 0.717) is 19.8 Å². The summed E-state index contributed by atoms with van der Waals surface area (Å²) in [7, 11) is 0. The second-order valence-electron chi connectivity index (χ2n) is 3.95. The highest BCUT2D eigenvalue weighted by Crippen LogP contribution is 2.16. The lowest BCUT2D eigenvalue weighted by Crippen LogP contribution is -2.38. The van der Waals surface area contributed by atoms with E-state index in [9.17, 15) is 0 Å². The molecule has 1 saturated heterocycles. The SMILES string of the molecule is CCC(NCC1COCCO1)c1ccco1. The van der Waals surface area contributed by atoms with E-state index >= 15 is 0 Å². The third-order valence-corrected chi connectivity index (χ3v) is 2.77. The van der Waals surface area contributed by atoms with Crippen LogP contribution in [0.25, 0.3) is 0 Å². The van der Waals surface area contributed by atoms with Crippen LogP contribution < -0.4 is 5.32 Å². The molecular formula is C12H19NO3. The van der Waals surface area contributed by atoms with Crippen molar-refractivity contribution in [2.75, 3.05) is 26.4 Å². The van der Waals surface area contributed by atoms with Gasteiger partial charge in [-0.3, -0.25) is 0 Å². The molecule has 1 fully saturated rings. The summed E-state index contributed by atoms with van der Waals surface area (Å²) in [4.78, 5) is 0. The van der Waals surface area contributed by atoms with Crippen LogP contribution in [-0.2, 0) is 9.47 Å². The summed E-state index contributed by atoms with van der Waals surface area (Å²) in [6.45, 7) is 5.04. The van der Waals surface area contributed by atoms with Crippen molar-refractivity contribution in [3.05, 3.63) is 24.2 Å². The Morgan fingerprint density at radius 2 is 2.44 bits per heavy atom. The normalized spacial score (nSPS) is 23.2. The van der Waals surface area contributed by atoms with Crippen LogP contribution in [0, 0.1) is 0 Å². The maximum absolute atomic E-state index is 5.57. The van der Waals surface area contributed by atoms with Gasteiger partial charge in [0.05, 0.1) is 38.2 Å². The molecule has 1 N–H and O–H groups in total. The molecule has 0 bridgehead atoms. The molecular weight excluding hydrogens is 206 g/mol. The first kappa shape index (κ1) is 11.6. The van der Waals surface area contributed by atoms with E-state index in [2.05, 4.69) is 12.2 Å². The second-order valence-corrected chi connectivity index (χ2v) is 3.95. The van der Waals surface area contributed by atoms with Crippen molar-refractivity contribution >= 4 is 0 Å². The Morgan fingerprint density at radius 3 is 3.06 bits per heavy atom. The predicted octanol–water partition coefficient (Wildman–Crippen LogP) is 1.74. The fraction of sp³-hybridized carbons (Fsp3) is 0.667. The van der Waals surface area contributed by atoms with E-state index in [1.807, 2.05) is 12.1 Å². The van der Waals surface area contributed by atoms with Crippen molar-refractivity contribution in [2.45, 2.75) is 25.5 Å². The van der Waals surface area contributed by atoms with Gasteiger partial charge in [-0.25, -0.2) is 0 Å². The van der Waals surface area contributed by atoms with Gasteiger partial charge in [-0.1, -0.05) is 6.92 Å². The van der Waals surface area contributed by atoms with Crippen molar-refractivity contribution in [1.82, 2.24) is 5.32 Å². The van der Waals surface area contributed by atoms with Gasteiger partial charge in [-0.05, 0) is 18.6 Å². The third-order valence-electron chi connectivity index (χ3n) is 2.77. The number of nitrogens with one attached hydrogen (secondary N) is 1. The van der Waals surface area contributed by atoms with E-state index in [-0.39, 0.29) is 12.1 Å². The highest BCUT2D eigenvalue weighted by molar-refractivity contribution is 5.04. The van der Waals surface area contributed by atoms with Crippen molar-refractivity contribution < 1.29 is 13.9 Å². The number of ether oxygens (including phenoxy) is 2. The third kappa shape index (κ3) is 3.07. The summed E-state index contributed by atoms with van der Waals surface area (Å²) < 4.78 is 16.3. The monoisotopic (exact) mass is 225 g/mol. The van der Waals surface area contributed by atoms with Gasteiger partial charge in [-0.15, -0.1) is 0 Å². The van der Waals surface area contributed by atoms with Crippen LogP contribution in [0.2, 0.25) is 0 Å². The first-order chi connectivity index (χ1) is 7.90. The maximum atomic E-state index is 5.57. The zero-order chi connectivity index (χ0) is 11.2. The largest absolute Gasteiger partial charge is 0.468 e. The summed E-state index contributed by atoms with van der Waals surface area (Å²) in [5.41, 5.74) is 0. The van der Waals surface area contributed by atoms with Crippen LogP contribution in [-0.4, -0.2) is 32.5 Å². The molecule has 4 heteroatoms. The summed E-state index contributed by atoms with van der Waals surface area (Å²) in [5, 5.41) is 3.44. The Balaban J connectivity index is 1.78. The average molecular weight is 225 g/mol. The number of rotatable bonds is 5. The molecule has 1 aliphatic heterocycles. The molecule has 0 radical (unpaired) electrons. The summed E-state index contributed by atoms with van der Waals surface area (Å²) in [5.74, 6) is 0.985.